The van der Waals surface area contributed by atoms with E-state index in [0.29, 0.717) is 45.9 Å². The van der Waals surface area contributed by atoms with Crippen LogP contribution in [0, 0.1) is 0 Å². The van der Waals surface area contributed by atoms with E-state index in [0.717, 1.165) is 16.5 Å². The Kier molecular flexibility index (Phi) is 6.83. The second-order valence-corrected chi connectivity index (χ2v) is 7.85. The Bertz CT molecular complexity index is 1220. The van der Waals surface area contributed by atoms with Crippen LogP contribution in [0.15, 0.2) is 65.3 Å². The molecular weight excluding hydrogens is 451 g/mol. The Hall–Kier alpha value is -3.22. The molecule has 0 aliphatic carbocycles. The Morgan fingerprint density at radius 1 is 1.09 bits per heavy atom. The van der Waals surface area contributed by atoms with Crippen LogP contribution in [-0.2, 0) is 13.0 Å². The summed E-state index contributed by atoms with van der Waals surface area (Å²) < 4.78 is 17.0. The van der Waals surface area contributed by atoms with E-state index in [1.807, 2.05) is 12.1 Å². The highest BCUT2D eigenvalue weighted by Crippen LogP contribution is 2.29. The fraction of sp³-hybridized carbons (Fsp3) is 0.167. The average molecular weight is 471 g/mol. The average Bonchev–Trinajstić information content (AvgIpc) is 3.22. The standard InChI is InChI=1S/C24H20Cl2N2O4/c1-30-22-5-3-16(11-23(22)31-9-7-15-2-4-18(25)12-20(15)26)24(29)28-14-19-10-17-13-27-8-6-21(17)32-19/h2-6,8,10-13H,7,9,14H2,1H3,(H,28,29). The first-order chi connectivity index (χ1) is 15.5. The molecule has 6 nitrogen and oxygen atoms in total. The SMILES string of the molecule is COc1ccc(C(=O)NCc2cc3cnccc3o2)cc1OCCc1ccc(Cl)cc1Cl. The number of hydrogen-bond acceptors (Lipinski definition) is 5. The molecule has 1 amide bonds. The number of rotatable bonds is 8. The van der Waals surface area contributed by atoms with Gasteiger partial charge in [-0.2, -0.15) is 0 Å². The number of carbonyl (C=O) groups excluding carboxylic acids is 1. The van der Waals surface area contributed by atoms with Gasteiger partial charge in [-0.3, -0.25) is 9.78 Å². The lowest BCUT2D eigenvalue weighted by Gasteiger charge is -2.13. The number of methoxy groups -OCH3 is 1. The van der Waals surface area contributed by atoms with Crippen LogP contribution in [0.3, 0.4) is 0 Å². The molecule has 4 rings (SSSR count). The van der Waals surface area contributed by atoms with Gasteiger partial charge in [0.2, 0.25) is 0 Å². The summed E-state index contributed by atoms with van der Waals surface area (Å²) in [6.45, 7) is 0.612. The summed E-state index contributed by atoms with van der Waals surface area (Å²) in [6.07, 6.45) is 3.96. The number of nitrogens with zero attached hydrogens (tertiary/aromatic N) is 1. The van der Waals surface area contributed by atoms with Gasteiger partial charge in [-0.15, -0.1) is 0 Å². The van der Waals surface area contributed by atoms with Crippen LogP contribution < -0.4 is 14.8 Å². The van der Waals surface area contributed by atoms with Crippen LogP contribution in [0.2, 0.25) is 10.0 Å². The summed E-state index contributed by atoms with van der Waals surface area (Å²) in [7, 11) is 1.55. The maximum absolute atomic E-state index is 12.7. The first kappa shape index (κ1) is 22.0. The molecule has 0 unspecified atom stereocenters. The number of halogens is 2. The molecule has 32 heavy (non-hydrogen) atoms. The monoisotopic (exact) mass is 470 g/mol. The molecule has 0 spiro atoms. The van der Waals surface area contributed by atoms with Crippen LogP contribution in [0.25, 0.3) is 11.0 Å². The van der Waals surface area contributed by atoms with E-state index in [2.05, 4.69) is 10.3 Å². The van der Waals surface area contributed by atoms with Crippen molar-refractivity contribution >= 4 is 40.1 Å². The normalized spacial score (nSPS) is 10.8. The molecule has 0 fully saturated rings. The quantitative estimate of drug-likeness (QED) is 0.357. The van der Waals surface area contributed by atoms with Gasteiger partial charge in [0.15, 0.2) is 11.5 Å². The zero-order chi connectivity index (χ0) is 22.5. The van der Waals surface area contributed by atoms with Crippen molar-refractivity contribution < 1.29 is 18.7 Å². The molecule has 0 aliphatic rings. The highest BCUT2D eigenvalue weighted by molar-refractivity contribution is 6.35. The molecular formula is C24H20Cl2N2O4. The van der Waals surface area contributed by atoms with E-state index in [1.54, 1.807) is 55.9 Å². The number of ether oxygens (including phenoxy) is 2. The summed E-state index contributed by atoms with van der Waals surface area (Å²) in [5, 5.41) is 4.91. The summed E-state index contributed by atoms with van der Waals surface area (Å²) in [6, 6.07) is 14.0. The first-order valence-corrected chi connectivity index (χ1v) is 10.6. The van der Waals surface area contributed by atoms with E-state index >= 15 is 0 Å². The van der Waals surface area contributed by atoms with Gasteiger partial charge in [-0.05, 0) is 48.0 Å². The van der Waals surface area contributed by atoms with Gasteiger partial charge in [-0.1, -0.05) is 29.3 Å². The number of fused-ring (bicyclic) bond motifs is 1. The third-order valence-corrected chi connectivity index (χ3v) is 5.45. The van der Waals surface area contributed by atoms with Gasteiger partial charge in [0.05, 0.1) is 20.3 Å². The molecule has 1 N–H and O–H groups in total. The molecule has 0 saturated heterocycles. The molecule has 2 heterocycles. The second-order valence-electron chi connectivity index (χ2n) is 7.01. The summed E-state index contributed by atoms with van der Waals surface area (Å²) in [5.74, 6) is 1.40. The van der Waals surface area contributed by atoms with Crippen molar-refractivity contribution in [3.63, 3.8) is 0 Å². The molecule has 0 bridgehead atoms. The molecule has 2 aromatic heterocycles. The Balaban J connectivity index is 1.40. The molecule has 0 atom stereocenters. The maximum Gasteiger partial charge on any atom is 0.251 e. The van der Waals surface area contributed by atoms with Gasteiger partial charge in [-0.25, -0.2) is 0 Å². The van der Waals surface area contributed by atoms with E-state index in [1.165, 1.54) is 0 Å². The summed E-state index contributed by atoms with van der Waals surface area (Å²) in [5.41, 5.74) is 2.10. The highest BCUT2D eigenvalue weighted by Gasteiger charge is 2.13. The molecule has 8 heteroatoms. The number of aromatic nitrogens is 1. The number of pyridine rings is 1. The van der Waals surface area contributed by atoms with Crippen LogP contribution in [-0.4, -0.2) is 24.6 Å². The molecule has 164 valence electrons. The van der Waals surface area contributed by atoms with Gasteiger partial charge < -0.3 is 19.2 Å². The summed E-state index contributed by atoms with van der Waals surface area (Å²) >= 11 is 12.2. The number of carbonyl (C=O) groups is 1. The van der Waals surface area contributed by atoms with Crippen molar-refractivity contribution in [3.05, 3.63) is 87.9 Å². The van der Waals surface area contributed by atoms with E-state index in [9.17, 15) is 4.79 Å². The highest BCUT2D eigenvalue weighted by atomic mass is 35.5. The molecule has 2 aromatic carbocycles. The van der Waals surface area contributed by atoms with Crippen LogP contribution in [0.5, 0.6) is 11.5 Å². The fourth-order valence-corrected chi connectivity index (χ4v) is 3.73. The Morgan fingerprint density at radius 2 is 1.97 bits per heavy atom. The molecule has 0 radical (unpaired) electrons. The van der Waals surface area contributed by atoms with Crippen LogP contribution in [0.1, 0.15) is 21.7 Å². The predicted molar refractivity (Wildman–Crippen MR) is 124 cm³/mol. The van der Waals surface area contributed by atoms with Gasteiger partial charge >= 0.3 is 0 Å². The number of nitrogens with one attached hydrogen (secondary N) is 1. The van der Waals surface area contributed by atoms with Crippen molar-refractivity contribution in [1.82, 2.24) is 10.3 Å². The Labute approximate surface area is 195 Å². The lowest BCUT2D eigenvalue weighted by atomic mass is 10.1. The predicted octanol–water partition coefficient (Wildman–Crippen LogP) is 5.69. The maximum atomic E-state index is 12.7. The minimum atomic E-state index is -0.253. The fourth-order valence-electron chi connectivity index (χ4n) is 3.22. The van der Waals surface area contributed by atoms with Gasteiger partial charge in [0, 0.05) is 39.8 Å². The van der Waals surface area contributed by atoms with Crippen molar-refractivity contribution in [2.45, 2.75) is 13.0 Å². The van der Waals surface area contributed by atoms with Crippen molar-refractivity contribution in [2.24, 2.45) is 0 Å². The lowest BCUT2D eigenvalue weighted by Crippen LogP contribution is -2.22. The minimum Gasteiger partial charge on any atom is -0.493 e. The topological polar surface area (TPSA) is 73.6 Å². The van der Waals surface area contributed by atoms with Gasteiger partial charge in [0.25, 0.3) is 5.91 Å². The van der Waals surface area contributed by atoms with E-state index in [-0.39, 0.29) is 12.5 Å². The number of hydrogen-bond donors (Lipinski definition) is 1. The Morgan fingerprint density at radius 3 is 2.75 bits per heavy atom. The molecule has 0 aliphatic heterocycles. The number of furan rings is 1. The van der Waals surface area contributed by atoms with E-state index < -0.39 is 0 Å². The van der Waals surface area contributed by atoms with Crippen molar-refractivity contribution in [1.29, 1.82) is 0 Å². The molecule has 0 saturated carbocycles. The van der Waals surface area contributed by atoms with Crippen LogP contribution >= 0.6 is 23.2 Å². The van der Waals surface area contributed by atoms with Crippen molar-refractivity contribution in [3.8, 4) is 11.5 Å². The zero-order valence-electron chi connectivity index (χ0n) is 17.2. The minimum absolute atomic E-state index is 0.253. The summed E-state index contributed by atoms with van der Waals surface area (Å²) in [4.78, 5) is 16.7. The smallest absolute Gasteiger partial charge is 0.251 e. The number of benzene rings is 2. The van der Waals surface area contributed by atoms with Crippen LogP contribution in [0.4, 0.5) is 0 Å². The first-order valence-electron chi connectivity index (χ1n) is 9.89. The lowest BCUT2D eigenvalue weighted by molar-refractivity contribution is 0.0947. The largest absolute Gasteiger partial charge is 0.493 e. The van der Waals surface area contributed by atoms with Gasteiger partial charge in [0.1, 0.15) is 11.3 Å². The van der Waals surface area contributed by atoms with Crippen molar-refractivity contribution in [2.75, 3.05) is 13.7 Å². The molecule has 4 aromatic rings. The number of amides is 1. The zero-order valence-corrected chi connectivity index (χ0v) is 18.7. The third-order valence-electron chi connectivity index (χ3n) is 4.86. The second kappa shape index (κ2) is 9.94. The third kappa shape index (κ3) is 5.15. The van der Waals surface area contributed by atoms with E-state index in [4.69, 9.17) is 37.1 Å².